The van der Waals surface area contributed by atoms with Gasteiger partial charge >= 0.3 is 17.9 Å². The summed E-state index contributed by atoms with van der Waals surface area (Å²) in [6.07, 6.45) is -5.01. The van der Waals surface area contributed by atoms with Crippen LogP contribution in [0.15, 0.2) is 103 Å². The smallest absolute Gasteiger partial charge is 0.326 e. The number of likely N-dealkylation sites (tertiary alicyclic amines) is 1. The number of rotatable bonds is 33. The number of amides is 9. The van der Waals surface area contributed by atoms with E-state index in [2.05, 4.69) is 47.5 Å². The molecule has 1 aromatic heterocycles. The van der Waals surface area contributed by atoms with Crippen LogP contribution < -0.4 is 48.3 Å². The lowest BCUT2D eigenvalue weighted by atomic mass is 10.0. The number of para-hydroxylation sites is 1. The van der Waals surface area contributed by atoms with Crippen LogP contribution in [0.3, 0.4) is 0 Å². The monoisotopic (exact) mass is 1290 g/mol. The summed E-state index contributed by atoms with van der Waals surface area (Å²) in [6, 6.07) is 9.13. The van der Waals surface area contributed by atoms with E-state index >= 15 is 0 Å². The molecule has 0 aliphatic carbocycles. The molecule has 1 saturated heterocycles. The van der Waals surface area contributed by atoms with Gasteiger partial charge in [0, 0.05) is 49.3 Å². The van der Waals surface area contributed by atoms with E-state index in [1.807, 2.05) is 0 Å². The van der Waals surface area contributed by atoms with Gasteiger partial charge in [-0.15, -0.1) is 0 Å². The molecule has 6 rings (SSSR count). The van der Waals surface area contributed by atoms with Gasteiger partial charge in [-0.05, 0) is 104 Å². The van der Waals surface area contributed by atoms with Gasteiger partial charge in [0.1, 0.15) is 65.6 Å². The molecule has 9 amide bonds. The maximum absolute atomic E-state index is 14.3. The van der Waals surface area contributed by atoms with Crippen LogP contribution in [0.4, 0.5) is 0 Å². The Balaban J connectivity index is 1.10. The van der Waals surface area contributed by atoms with Crippen molar-refractivity contribution in [1.82, 2.24) is 52.4 Å². The minimum Gasteiger partial charge on any atom is -0.508 e. The SMILES string of the molecule is C[C@@H](O)[C@H](NC(=O)CNC(=O)[C@@H](NC(=O)[C@H](CCC(=O)O)NC(=O)[C@@H]1CCCN1C(=O)[C@H](CC(=O)O)NC(=O)[C@H](Cc1ccc(O)cc1)NC(=O)[C@@H](N)Cc1ccc(O)cc1)[C@@H](C)O)C(=O)N[C@@H](Cc1c[nH]c2ccccc12)C(=O)N[C@@H](Cc1ccc(O)cc1)C(=O)O. The molecule has 11 atom stereocenters. The molecule has 5 aromatic rings. The number of aromatic hydroxyl groups is 3. The Morgan fingerprint density at radius 3 is 1.59 bits per heavy atom. The maximum atomic E-state index is 14.3. The van der Waals surface area contributed by atoms with Gasteiger partial charge in [-0.1, -0.05) is 54.6 Å². The van der Waals surface area contributed by atoms with Gasteiger partial charge < -0.3 is 99.0 Å². The van der Waals surface area contributed by atoms with Crippen LogP contribution in [0.5, 0.6) is 17.2 Å². The summed E-state index contributed by atoms with van der Waals surface area (Å²) in [5, 5.41) is 99.8. The van der Waals surface area contributed by atoms with Crippen LogP contribution in [-0.4, -0.2) is 201 Å². The van der Waals surface area contributed by atoms with E-state index in [-0.39, 0.29) is 62.3 Å². The predicted octanol–water partition coefficient (Wildman–Crippen LogP) is -2.43. The molecule has 1 aliphatic rings. The highest BCUT2D eigenvalue weighted by Gasteiger charge is 2.41. The largest absolute Gasteiger partial charge is 0.508 e. The fourth-order valence-corrected chi connectivity index (χ4v) is 10.2. The van der Waals surface area contributed by atoms with E-state index in [4.69, 9.17) is 5.73 Å². The van der Waals surface area contributed by atoms with Crippen LogP contribution in [0, 0.1) is 0 Å². The third kappa shape index (κ3) is 21.2. The average molecular weight is 1290 g/mol. The van der Waals surface area contributed by atoms with E-state index in [1.165, 1.54) is 72.8 Å². The van der Waals surface area contributed by atoms with Crippen LogP contribution in [0.2, 0.25) is 0 Å². The standard InChI is InChI=1S/C62H75N11O20/c1-31(74)52(59(89)65-30-49(79)71-53(32(2)75)60(90)68-45(27-36-29-64-42-7-4-3-6-40(36)42)57(87)70-47(62(92)93)26-35-13-19-39(78)20-14-35)72-55(85)43(21-22-50(80)81)66-58(88)48-8-5-23-73(48)61(91)46(28-51(82)83)69-56(86)44(25-34-11-17-38(77)18-12-34)67-54(84)41(63)24-33-9-15-37(76)16-10-33/h3-4,6-7,9-20,29,31-32,41,43-48,52-53,64,74-78H,5,8,21-28,30,63H2,1-2H3,(H,65,89)(H,66,88)(H,67,84)(H,68,90)(H,69,86)(H,70,87)(H,71,79)(H,72,85)(H,80,81)(H,82,83)(H,92,93)/t31-,32-,41+,43+,44+,45+,46+,47+,48+,52+,53+/m1/s1. The quantitative estimate of drug-likeness (QED) is 0.0208. The van der Waals surface area contributed by atoms with Gasteiger partial charge in [-0.2, -0.15) is 0 Å². The second kappa shape index (κ2) is 33.4. The third-order valence-corrected chi connectivity index (χ3v) is 15.1. The zero-order valence-corrected chi connectivity index (χ0v) is 50.4. The Kier molecular flexibility index (Phi) is 25.7. The molecule has 1 fully saturated rings. The van der Waals surface area contributed by atoms with Crippen molar-refractivity contribution in [2.24, 2.45) is 5.73 Å². The minimum atomic E-state index is -1.93. The number of carbonyl (C=O) groups excluding carboxylic acids is 9. The average Bonchev–Trinajstić information content (AvgIpc) is 1.76. The molecule has 1 aliphatic heterocycles. The highest BCUT2D eigenvalue weighted by Crippen LogP contribution is 2.23. The fourth-order valence-electron chi connectivity index (χ4n) is 10.2. The first-order valence-corrected chi connectivity index (χ1v) is 29.4. The molecule has 19 N–H and O–H groups in total. The van der Waals surface area contributed by atoms with Crippen molar-refractivity contribution in [2.45, 2.75) is 138 Å². The van der Waals surface area contributed by atoms with Crippen LogP contribution in [0.25, 0.3) is 10.9 Å². The number of fused-ring (bicyclic) bond motifs is 1. The predicted molar refractivity (Wildman–Crippen MR) is 327 cm³/mol. The number of aliphatic hydroxyl groups is 2. The highest BCUT2D eigenvalue weighted by molar-refractivity contribution is 5.99. The molecule has 0 spiro atoms. The van der Waals surface area contributed by atoms with E-state index in [0.29, 0.717) is 33.2 Å². The number of carbonyl (C=O) groups is 12. The summed E-state index contributed by atoms with van der Waals surface area (Å²) >= 11 is 0. The molecule has 2 heterocycles. The third-order valence-electron chi connectivity index (χ3n) is 15.1. The molecule has 31 nitrogen and oxygen atoms in total. The van der Waals surface area contributed by atoms with Crippen LogP contribution >= 0.6 is 0 Å². The summed E-state index contributed by atoms with van der Waals surface area (Å²) in [4.78, 5) is 165. The second-order valence-electron chi connectivity index (χ2n) is 22.4. The number of nitrogens with zero attached hydrogens (tertiary/aromatic N) is 1. The van der Waals surface area contributed by atoms with E-state index < -0.39 is 163 Å². The number of aliphatic hydroxyl groups excluding tert-OH is 2. The first kappa shape index (κ1) is 71.4. The molecule has 4 aromatic carbocycles. The van der Waals surface area contributed by atoms with Gasteiger partial charge in [-0.25, -0.2) is 4.79 Å². The van der Waals surface area contributed by atoms with Crippen molar-refractivity contribution in [3.05, 3.63) is 126 Å². The van der Waals surface area contributed by atoms with Crippen molar-refractivity contribution >= 4 is 82.0 Å². The first-order valence-electron chi connectivity index (χ1n) is 29.4. The summed E-state index contributed by atoms with van der Waals surface area (Å²) in [6.45, 7) is 1.02. The van der Waals surface area contributed by atoms with Crippen LogP contribution in [-0.2, 0) is 83.2 Å². The number of aromatic amines is 1. The zero-order valence-electron chi connectivity index (χ0n) is 50.4. The van der Waals surface area contributed by atoms with Gasteiger partial charge in [0.15, 0.2) is 0 Å². The van der Waals surface area contributed by atoms with Crippen molar-refractivity contribution in [1.29, 1.82) is 0 Å². The van der Waals surface area contributed by atoms with E-state index in [0.717, 1.165) is 18.7 Å². The molecule has 31 heteroatoms. The number of nitrogens with one attached hydrogen (secondary N) is 9. The number of aliphatic carboxylic acids is 3. The number of benzene rings is 4. The summed E-state index contributed by atoms with van der Waals surface area (Å²) < 4.78 is 0. The first-order chi connectivity index (χ1) is 44.1. The molecule has 93 heavy (non-hydrogen) atoms. The Morgan fingerprint density at radius 2 is 1.04 bits per heavy atom. The molecule has 0 bridgehead atoms. The Bertz CT molecular complexity index is 3510. The highest BCUT2D eigenvalue weighted by atomic mass is 16.4. The number of aromatic nitrogens is 1. The number of hydrogen-bond donors (Lipinski definition) is 18. The number of phenolic OH excluding ortho intramolecular Hbond substituents is 3. The van der Waals surface area contributed by atoms with Gasteiger partial charge in [-0.3, -0.25) is 52.7 Å². The molecule has 0 radical (unpaired) electrons. The van der Waals surface area contributed by atoms with Crippen molar-refractivity contribution in [3.63, 3.8) is 0 Å². The lowest BCUT2D eigenvalue weighted by molar-refractivity contribution is -0.146. The number of carboxylic acids is 3. The zero-order chi connectivity index (χ0) is 68.2. The van der Waals surface area contributed by atoms with Gasteiger partial charge in [0.2, 0.25) is 53.2 Å². The lowest BCUT2D eigenvalue weighted by Crippen LogP contribution is -2.61. The fraction of sp³-hybridized carbons (Fsp3) is 0.387. The second-order valence-corrected chi connectivity index (χ2v) is 22.4. The normalized spacial score (nSPS) is 16.0. The van der Waals surface area contributed by atoms with Gasteiger partial charge in [0.05, 0.1) is 31.2 Å². The topological polar surface area (TPSA) is 508 Å². The minimum absolute atomic E-state index is 0.0371. The molecular weight excluding hydrogens is 1220 g/mol. The number of nitrogens with two attached hydrogens (primary N) is 1. The number of H-pyrrole nitrogens is 1. The van der Waals surface area contributed by atoms with E-state index in [1.54, 1.807) is 30.5 Å². The Hall–Kier alpha value is -10.7. The Labute approximate surface area is 530 Å². The summed E-state index contributed by atoms with van der Waals surface area (Å²) in [7, 11) is 0. The Morgan fingerprint density at radius 1 is 0.548 bits per heavy atom. The molecule has 0 unspecified atom stereocenters. The number of carboxylic acid groups (broad SMARTS) is 3. The summed E-state index contributed by atoms with van der Waals surface area (Å²) in [5.41, 5.74) is 8.77. The molecular formula is C62H75N11O20. The molecule has 0 saturated carbocycles. The van der Waals surface area contributed by atoms with Crippen LogP contribution in [0.1, 0.15) is 68.2 Å². The maximum Gasteiger partial charge on any atom is 0.326 e. The van der Waals surface area contributed by atoms with Gasteiger partial charge in [0.25, 0.3) is 0 Å². The lowest BCUT2D eigenvalue weighted by Gasteiger charge is -2.30. The van der Waals surface area contributed by atoms with Crippen molar-refractivity contribution in [2.75, 3.05) is 13.1 Å². The van der Waals surface area contributed by atoms with Crippen molar-refractivity contribution in [3.8, 4) is 17.2 Å². The van der Waals surface area contributed by atoms with E-state index in [9.17, 15) is 98.4 Å². The number of hydrogen-bond acceptors (Lipinski definition) is 18. The summed E-state index contributed by atoms with van der Waals surface area (Å²) in [5.74, 6) is -14.4. The number of phenols is 3. The van der Waals surface area contributed by atoms with Crippen molar-refractivity contribution < 1.29 is 98.4 Å². The molecule has 498 valence electrons.